The zero-order valence-electron chi connectivity index (χ0n) is 14.5. The maximum Gasteiger partial charge on any atom is 0.183 e. The van der Waals surface area contributed by atoms with Crippen LogP contribution in [-0.4, -0.2) is 28.1 Å². The molecule has 0 bridgehead atoms. The van der Waals surface area contributed by atoms with Crippen molar-refractivity contribution in [2.24, 2.45) is 0 Å². The number of hydrazine groups is 1. The number of aromatic nitrogens is 1. The number of pyridine rings is 1. The Labute approximate surface area is 149 Å². The highest BCUT2D eigenvalue weighted by Gasteiger charge is 2.20. The van der Waals surface area contributed by atoms with Crippen LogP contribution in [0.3, 0.4) is 0 Å². The third-order valence-corrected chi connectivity index (χ3v) is 5.32. The molecule has 1 aromatic heterocycles. The van der Waals surface area contributed by atoms with Gasteiger partial charge >= 0.3 is 0 Å². The van der Waals surface area contributed by atoms with Gasteiger partial charge in [-0.05, 0) is 43.4 Å². The van der Waals surface area contributed by atoms with Crippen molar-refractivity contribution in [3.05, 3.63) is 42.2 Å². The minimum Gasteiger partial charge on any atom is -0.348 e. The van der Waals surface area contributed by atoms with E-state index in [1.54, 1.807) is 0 Å². The summed E-state index contributed by atoms with van der Waals surface area (Å²) >= 11 is 5.53. The summed E-state index contributed by atoms with van der Waals surface area (Å²) in [7, 11) is 2.09. The van der Waals surface area contributed by atoms with Gasteiger partial charge in [0.25, 0.3) is 0 Å². The lowest BCUT2D eigenvalue weighted by molar-refractivity contribution is 0.272. The highest BCUT2D eigenvalue weighted by molar-refractivity contribution is 7.80. The first-order valence-electron chi connectivity index (χ1n) is 8.78. The number of nitrogens with zero attached hydrogens (tertiary/aromatic N) is 2. The third-order valence-electron chi connectivity index (χ3n) is 4.93. The average Bonchev–Trinajstić information content (AvgIpc) is 2.65. The van der Waals surface area contributed by atoms with Gasteiger partial charge in [-0.2, -0.15) is 0 Å². The van der Waals surface area contributed by atoms with Crippen molar-refractivity contribution in [1.29, 1.82) is 0 Å². The molecule has 1 heterocycles. The Hall–Kier alpha value is -1.72. The van der Waals surface area contributed by atoms with Crippen molar-refractivity contribution >= 4 is 28.1 Å². The number of hydrogen-bond acceptors (Lipinski definition) is 3. The first-order valence-corrected chi connectivity index (χ1v) is 9.19. The van der Waals surface area contributed by atoms with E-state index < -0.39 is 0 Å². The van der Waals surface area contributed by atoms with E-state index in [4.69, 9.17) is 12.2 Å². The number of thiocarbonyl (C=S) groups is 1. The van der Waals surface area contributed by atoms with E-state index in [0.717, 1.165) is 16.2 Å². The predicted molar refractivity (Wildman–Crippen MR) is 104 cm³/mol. The van der Waals surface area contributed by atoms with Gasteiger partial charge in [0.05, 0.1) is 11.7 Å². The Morgan fingerprint density at radius 1 is 1.21 bits per heavy atom. The fourth-order valence-corrected chi connectivity index (χ4v) is 3.51. The van der Waals surface area contributed by atoms with E-state index in [-0.39, 0.29) is 6.04 Å². The van der Waals surface area contributed by atoms with Crippen LogP contribution >= 0.6 is 12.2 Å². The predicted octanol–water partition coefficient (Wildman–Crippen LogP) is 3.94. The van der Waals surface area contributed by atoms with Gasteiger partial charge in [-0.25, -0.2) is 5.43 Å². The van der Waals surface area contributed by atoms with Gasteiger partial charge in [0, 0.05) is 24.7 Å². The van der Waals surface area contributed by atoms with E-state index in [1.807, 2.05) is 12.3 Å². The molecule has 128 valence electrons. The second-order valence-electron chi connectivity index (χ2n) is 6.66. The summed E-state index contributed by atoms with van der Waals surface area (Å²) in [5, 5.41) is 3.13. The topological polar surface area (TPSA) is 40.2 Å². The monoisotopic (exact) mass is 342 g/mol. The van der Waals surface area contributed by atoms with Crippen molar-refractivity contribution in [1.82, 2.24) is 20.7 Å². The van der Waals surface area contributed by atoms with E-state index in [2.05, 4.69) is 59.0 Å². The SMILES string of the molecule is C[C@@H](NNC(=S)N(C)C1CCCCC1)c1cc2ccccc2cn1. The van der Waals surface area contributed by atoms with Crippen molar-refractivity contribution < 1.29 is 0 Å². The van der Waals surface area contributed by atoms with E-state index >= 15 is 0 Å². The number of nitrogens with one attached hydrogen (secondary N) is 2. The van der Waals surface area contributed by atoms with Crippen LogP contribution in [0.15, 0.2) is 36.5 Å². The highest BCUT2D eigenvalue weighted by atomic mass is 32.1. The summed E-state index contributed by atoms with van der Waals surface area (Å²) in [6.07, 6.45) is 8.37. The molecule has 0 saturated heterocycles. The van der Waals surface area contributed by atoms with Crippen LogP contribution in [0.4, 0.5) is 0 Å². The minimum atomic E-state index is 0.0762. The average molecular weight is 343 g/mol. The molecule has 1 fully saturated rings. The zero-order valence-corrected chi connectivity index (χ0v) is 15.3. The molecule has 4 nitrogen and oxygen atoms in total. The lowest BCUT2D eigenvalue weighted by atomic mass is 9.95. The van der Waals surface area contributed by atoms with Crippen LogP contribution < -0.4 is 10.9 Å². The van der Waals surface area contributed by atoms with Crippen LogP contribution in [0.2, 0.25) is 0 Å². The molecular formula is C19H26N4S. The smallest absolute Gasteiger partial charge is 0.183 e. The summed E-state index contributed by atoms with van der Waals surface area (Å²) in [4.78, 5) is 6.76. The largest absolute Gasteiger partial charge is 0.348 e. The molecule has 24 heavy (non-hydrogen) atoms. The molecule has 1 aliphatic rings. The van der Waals surface area contributed by atoms with E-state index in [9.17, 15) is 0 Å². The van der Waals surface area contributed by atoms with E-state index in [1.165, 1.54) is 37.5 Å². The Bertz CT molecular complexity index is 697. The van der Waals surface area contributed by atoms with Gasteiger partial charge in [-0.3, -0.25) is 10.4 Å². The lowest BCUT2D eigenvalue weighted by Gasteiger charge is -2.33. The van der Waals surface area contributed by atoms with Gasteiger partial charge in [-0.15, -0.1) is 0 Å². The Morgan fingerprint density at radius 2 is 1.92 bits per heavy atom. The fraction of sp³-hybridized carbons (Fsp3) is 0.474. The standard InChI is InChI=1S/C19H26N4S/c1-14(18-12-15-8-6-7-9-16(15)13-20-18)21-22-19(24)23(2)17-10-4-3-5-11-17/h6-9,12-14,17,21H,3-5,10-11H2,1-2H3,(H,22,24)/t14-/m1/s1. The summed E-state index contributed by atoms with van der Waals surface area (Å²) in [5.74, 6) is 0. The highest BCUT2D eigenvalue weighted by Crippen LogP contribution is 2.21. The molecule has 0 unspecified atom stereocenters. The molecule has 1 atom stereocenters. The Balaban J connectivity index is 1.57. The molecule has 5 heteroatoms. The van der Waals surface area contributed by atoms with Crippen LogP contribution in [0.5, 0.6) is 0 Å². The number of fused-ring (bicyclic) bond motifs is 1. The Kier molecular flexibility index (Phi) is 5.63. The first-order chi connectivity index (χ1) is 11.6. The maximum atomic E-state index is 5.53. The lowest BCUT2D eigenvalue weighted by Crippen LogP contribution is -2.49. The number of rotatable bonds is 4. The zero-order chi connectivity index (χ0) is 16.9. The molecular weight excluding hydrogens is 316 g/mol. The van der Waals surface area contributed by atoms with Gasteiger partial charge < -0.3 is 4.90 Å². The third kappa shape index (κ3) is 4.02. The summed E-state index contributed by atoms with van der Waals surface area (Å²) < 4.78 is 0. The minimum absolute atomic E-state index is 0.0762. The van der Waals surface area contributed by atoms with Crippen LogP contribution in [0, 0.1) is 0 Å². The molecule has 2 N–H and O–H groups in total. The molecule has 0 radical (unpaired) electrons. The molecule has 0 aliphatic heterocycles. The number of hydrogen-bond donors (Lipinski definition) is 2. The van der Waals surface area contributed by atoms with Crippen LogP contribution in [-0.2, 0) is 0 Å². The summed E-state index contributed by atoms with van der Waals surface area (Å²) in [6, 6.07) is 11.0. The molecule has 0 spiro atoms. The normalized spacial score (nSPS) is 16.8. The quantitative estimate of drug-likeness (QED) is 0.650. The molecule has 1 aliphatic carbocycles. The Morgan fingerprint density at radius 3 is 2.67 bits per heavy atom. The number of benzene rings is 1. The van der Waals surface area contributed by atoms with Crippen LogP contribution in [0.1, 0.15) is 50.8 Å². The van der Waals surface area contributed by atoms with Crippen LogP contribution in [0.25, 0.3) is 10.8 Å². The van der Waals surface area contributed by atoms with Gasteiger partial charge in [0.2, 0.25) is 0 Å². The van der Waals surface area contributed by atoms with Crippen molar-refractivity contribution in [2.45, 2.75) is 51.1 Å². The maximum absolute atomic E-state index is 5.53. The van der Waals surface area contributed by atoms with Crippen molar-refractivity contribution in [3.8, 4) is 0 Å². The molecule has 0 amide bonds. The van der Waals surface area contributed by atoms with Gasteiger partial charge in [-0.1, -0.05) is 43.5 Å². The second-order valence-corrected chi connectivity index (χ2v) is 7.04. The van der Waals surface area contributed by atoms with Gasteiger partial charge in [0.15, 0.2) is 5.11 Å². The second kappa shape index (κ2) is 7.90. The first kappa shape index (κ1) is 17.1. The summed E-state index contributed by atoms with van der Waals surface area (Å²) in [5.41, 5.74) is 7.49. The van der Waals surface area contributed by atoms with Crippen molar-refractivity contribution in [3.63, 3.8) is 0 Å². The molecule has 2 aromatic rings. The fourth-order valence-electron chi connectivity index (χ4n) is 3.30. The molecule has 3 rings (SSSR count). The summed E-state index contributed by atoms with van der Waals surface area (Å²) in [6.45, 7) is 2.09. The van der Waals surface area contributed by atoms with Gasteiger partial charge in [0.1, 0.15) is 0 Å². The van der Waals surface area contributed by atoms with Crippen molar-refractivity contribution in [2.75, 3.05) is 7.05 Å². The van der Waals surface area contributed by atoms with E-state index in [0.29, 0.717) is 6.04 Å². The molecule has 1 aromatic carbocycles. The molecule has 1 saturated carbocycles.